The van der Waals surface area contributed by atoms with E-state index in [1.165, 1.54) is 0 Å². The molecule has 1 atom stereocenters. The lowest BCUT2D eigenvalue weighted by molar-refractivity contribution is 0.0446. The molecule has 1 aromatic heterocycles. The number of rotatable bonds is 4. The SMILES string of the molecule is COCCN1C(=O)c2ccccc2NC1(C)c1cccs1. The summed E-state index contributed by atoms with van der Waals surface area (Å²) >= 11 is 1.64. The highest BCUT2D eigenvalue weighted by molar-refractivity contribution is 7.10. The summed E-state index contributed by atoms with van der Waals surface area (Å²) in [6, 6.07) is 11.7. The van der Waals surface area contributed by atoms with Crippen LogP contribution in [0.5, 0.6) is 0 Å². The van der Waals surface area contributed by atoms with Gasteiger partial charge in [-0.1, -0.05) is 18.2 Å². The van der Waals surface area contributed by atoms with Gasteiger partial charge in [0.15, 0.2) is 0 Å². The van der Waals surface area contributed by atoms with Crippen LogP contribution in [-0.4, -0.2) is 31.1 Å². The number of fused-ring (bicyclic) bond motifs is 1. The molecule has 5 heteroatoms. The van der Waals surface area contributed by atoms with E-state index in [0.29, 0.717) is 18.7 Å². The molecule has 0 radical (unpaired) electrons. The molecule has 0 fully saturated rings. The third-order valence-electron chi connectivity index (χ3n) is 3.84. The van der Waals surface area contributed by atoms with Crippen molar-refractivity contribution in [2.75, 3.05) is 25.6 Å². The van der Waals surface area contributed by atoms with Gasteiger partial charge in [0.05, 0.1) is 17.0 Å². The number of benzene rings is 1. The summed E-state index contributed by atoms with van der Waals surface area (Å²) in [5, 5.41) is 5.55. The van der Waals surface area contributed by atoms with Crippen molar-refractivity contribution in [1.29, 1.82) is 0 Å². The Morgan fingerprint density at radius 3 is 2.81 bits per heavy atom. The van der Waals surface area contributed by atoms with E-state index in [4.69, 9.17) is 4.74 Å². The molecule has 2 aromatic rings. The molecule has 21 heavy (non-hydrogen) atoms. The number of thiophene rings is 1. The number of nitrogens with one attached hydrogen (secondary N) is 1. The zero-order valence-corrected chi connectivity index (χ0v) is 12.9. The lowest BCUT2D eigenvalue weighted by atomic mass is 9.99. The molecule has 1 aliphatic heterocycles. The largest absolute Gasteiger partial charge is 0.383 e. The van der Waals surface area contributed by atoms with Gasteiger partial charge in [0.2, 0.25) is 0 Å². The molecule has 0 aliphatic carbocycles. The van der Waals surface area contributed by atoms with Gasteiger partial charge in [-0.15, -0.1) is 11.3 Å². The van der Waals surface area contributed by atoms with Gasteiger partial charge in [0, 0.05) is 19.3 Å². The Morgan fingerprint density at radius 1 is 1.29 bits per heavy atom. The Balaban J connectivity index is 2.07. The highest BCUT2D eigenvalue weighted by Crippen LogP contribution is 2.39. The number of ether oxygens (including phenoxy) is 1. The van der Waals surface area contributed by atoms with E-state index in [0.717, 1.165) is 10.6 Å². The number of para-hydroxylation sites is 1. The van der Waals surface area contributed by atoms with Crippen LogP contribution in [0.2, 0.25) is 0 Å². The standard InChI is InChI=1S/C16H18N2O2S/c1-16(14-8-5-11-21-14)17-13-7-4-3-6-12(13)15(19)18(16)9-10-20-2/h3-8,11,17H,9-10H2,1-2H3. The number of nitrogens with zero attached hydrogens (tertiary/aromatic N) is 1. The van der Waals surface area contributed by atoms with Gasteiger partial charge in [-0.2, -0.15) is 0 Å². The monoisotopic (exact) mass is 302 g/mol. The normalized spacial score (nSPS) is 21.0. The zero-order chi connectivity index (χ0) is 14.9. The Hall–Kier alpha value is -1.85. The number of hydrogen-bond acceptors (Lipinski definition) is 4. The molecule has 3 rings (SSSR count). The lowest BCUT2D eigenvalue weighted by Crippen LogP contribution is -2.56. The number of amides is 1. The summed E-state index contributed by atoms with van der Waals surface area (Å²) in [7, 11) is 1.65. The average Bonchev–Trinajstić information content (AvgIpc) is 3.02. The first kappa shape index (κ1) is 14.1. The van der Waals surface area contributed by atoms with Gasteiger partial charge in [-0.25, -0.2) is 0 Å². The van der Waals surface area contributed by atoms with E-state index >= 15 is 0 Å². The van der Waals surface area contributed by atoms with Crippen LogP contribution >= 0.6 is 11.3 Å². The van der Waals surface area contributed by atoms with Crippen molar-refractivity contribution in [1.82, 2.24) is 4.90 Å². The van der Waals surface area contributed by atoms with Gasteiger partial charge < -0.3 is 15.0 Å². The number of carbonyl (C=O) groups is 1. The van der Waals surface area contributed by atoms with Crippen molar-refractivity contribution < 1.29 is 9.53 Å². The lowest BCUT2D eigenvalue weighted by Gasteiger charge is -2.45. The second kappa shape index (κ2) is 5.50. The summed E-state index contributed by atoms with van der Waals surface area (Å²) < 4.78 is 5.17. The first-order valence-electron chi connectivity index (χ1n) is 6.89. The molecule has 4 nitrogen and oxygen atoms in total. The molecule has 2 heterocycles. The molecule has 1 amide bonds. The topological polar surface area (TPSA) is 41.6 Å². The van der Waals surface area contributed by atoms with E-state index in [1.54, 1.807) is 18.4 Å². The van der Waals surface area contributed by atoms with Crippen molar-refractivity contribution >= 4 is 22.9 Å². The Labute approximate surface area is 128 Å². The molecular formula is C16H18N2O2S. The second-order valence-electron chi connectivity index (χ2n) is 5.17. The number of anilines is 1. The fourth-order valence-corrected chi connectivity index (χ4v) is 3.57. The van der Waals surface area contributed by atoms with E-state index in [2.05, 4.69) is 11.4 Å². The van der Waals surface area contributed by atoms with Gasteiger partial charge >= 0.3 is 0 Å². The van der Waals surface area contributed by atoms with Crippen LogP contribution in [0.15, 0.2) is 41.8 Å². The van der Waals surface area contributed by atoms with Crippen molar-refractivity contribution in [2.24, 2.45) is 0 Å². The zero-order valence-electron chi connectivity index (χ0n) is 12.1. The van der Waals surface area contributed by atoms with Crippen molar-refractivity contribution in [3.05, 3.63) is 52.2 Å². The van der Waals surface area contributed by atoms with Crippen LogP contribution in [0.4, 0.5) is 5.69 Å². The van der Waals surface area contributed by atoms with Crippen LogP contribution in [0.25, 0.3) is 0 Å². The first-order chi connectivity index (χ1) is 10.2. The maximum absolute atomic E-state index is 12.9. The molecule has 1 aromatic carbocycles. The van der Waals surface area contributed by atoms with Crippen LogP contribution in [-0.2, 0) is 10.4 Å². The molecule has 1 N–H and O–H groups in total. The summed E-state index contributed by atoms with van der Waals surface area (Å²) in [6.45, 7) is 3.10. The van der Waals surface area contributed by atoms with Crippen molar-refractivity contribution in [3.8, 4) is 0 Å². The van der Waals surface area contributed by atoms with E-state index in [9.17, 15) is 4.79 Å². The predicted octanol–water partition coefficient (Wildman–Crippen LogP) is 3.14. The van der Waals surface area contributed by atoms with Crippen LogP contribution in [0, 0.1) is 0 Å². The molecular weight excluding hydrogens is 284 g/mol. The first-order valence-corrected chi connectivity index (χ1v) is 7.77. The minimum atomic E-state index is -0.544. The quantitative estimate of drug-likeness (QED) is 0.943. The average molecular weight is 302 g/mol. The minimum absolute atomic E-state index is 0.0392. The van der Waals surface area contributed by atoms with E-state index < -0.39 is 5.66 Å². The summed E-state index contributed by atoms with van der Waals surface area (Å²) in [5.74, 6) is 0.0392. The molecule has 0 saturated carbocycles. The van der Waals surface area contributed by atoms with Gasteiger partial charge in [-0.3, -0.25) is 4.79 Å². The van der Waals surface area contributed by atoms with Gasteiger partial charge in [-0.05, 0) is 30.5 Å². The fraction of sp³-hybridized carbons (Fsp3) is 0.312. The van der Waals surface area contributed by atoms with Crippen molar-refractivity contribution in [3.63, 3.8) is 0 Å². The van der Waals surface area contributed by atoms with Gasteiger partial charge in [0.25, 0.3) is 5.91 Å². The maximum atomic E-state index is 12.9. The predicted molar refractivity (Wildman–Crippen MR) is 84.6 cm³/mol. The maximum Gasteiger partial charge on any atom is 0.258 e. The molecule has 0 saturated heterocycles. The Kier molecular flexibility index (Phi) is 3.69. The van der Waals surface area contributed by atoms with Crippen LogP contribution in [0.1, 0.15) is 22.2 Å². The van der Waals surface area contributed by atoms with Gasteiger partial charge in [0.1, 0.15) is 5.66 Å². The molecule has 0 spiro atoms. The minimum Gasteiger partial charge on any atom is -0.383 e. The number of methoxy groups -OCH3 is 1. The number of hydrogen-bond donors (Lipinski definition) is 1. The number of carbonyl (C=O) groups excluding carboxylic acids is 1. The third kappa shape index (κ3) is 2.32. The van der Waals surface area contributed by atoms with Crippen LogP contribution < -0.4 is 5.32 Å². The molecule has 1 unspecified atom stereocenters. The fourth-order valence-electron chi connectivity index (χ4n) is 2.71. The molecule has 110 valence electrons. The van der Waals surface area contributed by atoms with E-state index in [-0.39, 0.29) is 5.91 Å². The molecule has 0 bridgehead atoms. The summed E-state index contributed by atoms with van der Waals surface area (Å²) in [5.41, 5.74) is 1.05. The highest BCUT2D eigenvalue weighted by atomic mass is 32.1. The molecule has 1 aliphatic rings. The van der Waals surface area contributed by atoms with E-state index in [1.807, 2.05) is 47.5 Å². The highest BCUT2D eigenvalue weighted by Gasteiger charge is 2.42. The summed E-state index contributed by atoms with van der Waals surface area (Å²) in [6.07, 6.45) is 0. The third-order valence-corrected chi connectivity index (χ3v) is 4.92. The Morgan fingerprint density at radius 2 is 2.10 bits per heavy atom. The smallest absolute Gasteiger partial charge is 0.258 e. The van der Waals surface area contributed by atoms with Crippen LogP contribution in [0.3, 0.4) is 0 Å². The summed E-state index contributed by atoms with van der Waals surface area (Å²) in [4.78, 5) is 15.8. The second-order valence-corrected chi connectivity index (χ2v) is 6.12. The van der Waals surface area contributed by atoms with Crippen molar-refractivity contribution in [2.45, 2.75) is 12.6 Å². The Bertz CT molecular complexity index is 641.